The van der Waals surface area contributed by atoms with Crippen LogP contribution >= 0.6 is 0 Å². The second-order valence-electron chi connectivity index (χ2n) is 15.1. The van der Waals surface area contributed by atoms with Crippen LogP contribution in [0.3, 0.4) is 0 Å². The van der Waals surface area contributed by atoms with E-state index in [-0.39, 0.29) is 0 Å². The zero-order valence-corrected chi connectivity index (χ0v) is 33.1. The standard InChI is InChI=1S/C57H37N3O/c1-3-14-42(15-4-1)46-18-7-9-20-49(46)56-58-55(59-57(60-56)50-21-10-8-19-47(50)43-16-5-2-6-17-43)45-36-32-41(33-37-45)39-28-26-38(27-29-39)40-30-34-44(35-31-40)48-23-13-25-53-54(48)51-22-11-12-24-52(51)61-53/h1-37H. The van der Waals surface area contributed by atoms with E-state index in [2.05, 4.69) is 182 Å². The molecule has 286 valence electrons. The molecule has 9 aromatic carbocycles. The Morgan fingerprint density at radius 2 is 0.590 bits per heavy atom. The van der Waals surface area contributed by atoms with Crippen LogP contribution in [0.4, 0.5) is 0 Å². The van der Waals surface area contributed by atoms with E-state index in [1.165, 1.54) is 11.1 Å². The van der Waals surface area contributed by atoms with Crippen molar-refractivity contribution in [2.45, 2.75) is 0 Å². The summed E-state index contributed by atoms with van der Waals surface area (Å²) in [7, 11) is 0. The molecule has 0 atom stereocenters. The van der Waals surface area contributed by atoms with E-state index in [1.54, 1.807) is 0 Å². The van der Waals surface area contributed by atoms with E-state index < -0.39 is 0 Å². The van der Waals surface area contributed by atoms with Gasteiger partial charge in [-0.1, -0.05) is 212 Å². The zero-order chi connectivity index (χ0) is 40.5. The largest absolute Gasteiger partial charge is 0.456 e. The van der Waals surface area contributed by atoms with Crippen molar-refractivity contribution in [3.8, 4) is 89.8 Å². The normalized spacial score (nSPS) is 11.3. The Hall–Kier alpha value is -8.21. The third-order valence-electron chi connectivity index (χ3n) is 11.4. The van der Waals surface area contributed by atoms with Crippen LogP contribution in [0.15, 0.2) is 229 Å². The van der Waals surface area contributed by atoms with Gasteiger partial charge in [-0.05, 0) is 67.8 Å². The Bertz CT molecular complexity index is 3220. The summed E-state index contributed by atoms with van der Waals surface area (Å²) in [5, 5.41) is 2.29. The number of rotatable bonds is 8. The minimum Gasteiger partial charge on any atom is -0.456 e. The summed E-state index contributed by atoms with van der Waals surface area (Å²) in [6.07, 6.45) is 0. The Labute approximate surface area is 354 Å². The van der Waals surface area contributed by atoms with Crippen LogP contribution in [0.25, 0.3) is 112 Å². The first kappa shape index (κ1) is 35.9. The molecular formula is C57H37N3O. The van der Waals surface area contributed by atoms with Gasteiger partial charge in [0.25, 0.3) is 0 Å². The maximum atomic E-state index is 6.15. The van der Waals surface area contributed by atoms with Crippen molar-refractivity contribution < 1.29 is 4.42 Å². The lowest BCUT2D eigenvalue weighted by Crippen LogP contribution is -2.02. The third-order valence-corrected chi connectivity index (χ3v) is 11.4. The second-order valence-corrected chi connectivity index (χ2v) is 15.1. The first-order chi connectivity index (χ1) is 30.2. The molecule has 11 aromatic rings. The second kappa shape index (κ2) is 15.5. The van der Waals surface area contributed by atoms with Crippen LogP contribution in [0.5, 0.6) is 0 Å². The van der Waals surface area contributed by atoms with Crippen LogP contribution < -0.4 is 0 Å². The molecule has 0 bridgehead atoms. The van der Waals surface area contributed by atoms with E-state index in [1.807, 2.05) is 42.5 Å². The average Bonchev–Trinajstić information content (AvgIpc) is 3.74. The maximum absolute atomic E-state index is 6.15. The van der Waals surface area contributed by atoms with Crippen LogP contribution in [0.1, 0.15) is 0 Å². The van der Waals surface area contributed by atoms with Crippen molar-refractivity contribution in [1.82, 2.24) is 15.0 Å². The highest BCUT2D eigenvalue weighted by atomic mass is 16.3. The van der Waals surface area contributed by atoms with E-state index in [0.717, 1.165) is 83.1 Å². The van der Waals surface area contributed by atoms with Crippen LogP contribution in [-0.4, -0.2) is 15.0 Å². The molecule has 0 N–H and O–H groups in total. The lowest BCUT2D eigenvalue weighted by Gasteiger charge is -2.14. The Balaban J connectivity index is 0.918. The minimum atomic E-state index is 0.619. The number of furan rings is 1. The summed E-state index contributed by atoms with van der Waals surface area (Å²) in [5.74, 6) is 1.87. The van der Waals surface area contributed by atoms with E-state index >= 15 is 0 Å². The van der Waals surface area contributed by atoms with Crippen LogP contribution in [0, 0.1) is 0 Å². The first-order valence-corrected chi connectivity index (χ1v) is 20.5. The number of fused-ring (bicyclic) bond motifs is 3. The molecule has 2 heterocycles. The molecule has 4 heteroatoms. The quantitative estimate of drug-likeness (QED) is 0.154. The van der Waals surface area contributed by atoms with Gasteiger partial charge in [-0.25, -0.2) is 15.0 Å². The van der Waals surface area contributed by atoms with Gasteiger partial charge in [0.2, 0.25) is 0 Å². The molecule has 0 saturated carbocycles. The van der Waals surface area contributed by atoms with Crippen LogP contribution in [0.2, 0.25) is 0 Å². The third kappa shape index (κ3) is 6.86. The number of aromatic nitrogens is 3. The molecule has 0 amide bonds. The summed E-state index contributed by atoms with van der Waals surface area (Å²) < 4.78 is 6.15. The smallest absolute Gasteiger partial charge is 0.164 e. The number of hydrogen-bond acceptors (Lipinski definition) is 4. The Morgan fingerprint density at radius 1 is 0.230 bits per heavy atom. The summed E-state index contributed by atoms with van der Waals surface area (Å²) >= 11 is 0. The van der Waals surface area contributed by atoms with Crippen molar-refractivity contribution in [2.24, 2.45) is 0 Å². The highest BCUT2D eigenvalue weighted by Crippen LogP contribution is 2.38. The van der Waals surface area contributed by atoms with Crippen molar-refractivity contribution in [2.75, 3.05) is 0 Å². The highest BCUT2D eigenvalue weighted by molar-refractivity contribution is 6.12. The van der Waals surface area contributed by atoms with Gasteiger partial charge >= 0.3 is 0 Å². The summed E-state index contributed by atoms with van der Waals surface area (Å²) in [5.41, 5.74) is 15.9. The van der Waals surface area contributed by atoms with Gasteiger partial charge in [-0.2, -0.15) is 0 Å². The summed E-state index contributed by atoms with van der Waals surface area (Å²) in [6.45, 7) is 0. The number of nitrogens with zero attached hydrogens (tertiary/aromatic N) is 3. The average molecular weight is 780 g/mol. The minimum absolute atomic E-state index is 0.619. The fraction of sp³-hybridized carbons (Fsp3) is 0. The molecule has 11 rings (SSSR count). The summed E-state index contributed by atoms with van der Waals surface area (Å²) in [6, 6.07) is 78.1. The highest BCUT2D eigenvalue weighted by Gasteiger charge is 2.18. The molecule has 0 aliphatic heterocycles. The topological polar surface area (TPSA) is 51.8 Å². The van der Waals surface area contributed by atoms with Gasteiger partial charge in [0.15, 0.2) is 17.5 Å². The van der Waals surface area contributed by atoms with Crippen LogP contribution in [-0.2, 0) is 0 Å². The lowest BCUT2D eigenvalue weighted by atomic mass is 9.96. The number of hydrogen-bond donors (Lipinski definition) is 0. The Kier molecular flexibility index (Phi) is 9.14. The predicted octanol–water partition coefficient (Wildman–Crippen LogP) is 15.1. The fourth-order valence-electron chi connectivity index (χ4n) is 8.37. The fourth-order valence-corrected chi connectivity index (χ4v) is 8.37. The monoisotopic (exact) mass is 779 g/mol. The molecule has 0 aliphatic rings. The molecule has 4 nitrogen and oxygen atoms in total. The maximum Gasteiger partial charge on any atom is 0.164 e. The molecule has 0 unspecified atom stereocenters. The molecular weight excluding hydrogens is 743 g/mol. The SMILES string of the molecule is c1ccc(-c2ccccc2-c2nc(-c3ccc(-c4ccc(-c5ccc(-c6cccc7oc8ccccc8c67)cc5)cc4)cc3)nc(-c3ccccc3-c3ccccc3)n2)cc1. The molecule has 61 heavy (non-hydrogen) atoms. The molecule has 2 aromatic heterocycles. The van der Waals surface area contributed by atoms with Gasteiger partial charge in [0.1, 0.15) is 11.2 Å². The van der Waals surface area contributed by atoms with Crippen molar-refractivity contribution in [3.63, 3.8) is 0 Å². The predicted molar refractivity (Wildman–Crippen MR) is 251 cm³/mol. The van der Waals surface area contributed by atoms with E-state index in [9.17, 15) is 0 Å². The zero-order valence-electron chi connectivity index (χ0n) is 33.1. The van der Waals surface area contributed by atoms with Crippen molar-refractivity contribution in [1.29, 1.82) is 0 Å². The molecule has 0 saturated heterocycles. The van der Waals surface area contributed by atoms with Crippen molar-refractivity contribution >= 4 is 21.9 Å². The van der Waals surface area contributed by atoms with Gasteiger partial charge in [-0.15, -0.1) is 0 Å². The lowest BCUT2D eigenvalue weighted by molar-refractivity contribution is 0.669. The van der Waals surface area contributed by atoms with Gasteiger partial charge in [0, 0.05) is 27.5 Å². The summed E-state index contributed by atoms with van der Waals surface area (Å²) in [4.78, 5) is 15.5. The Morgan fingerprint density at radius 3 is 1.11 bits per heavy atom. The number of para-hydroxylation sites is 1. The molecule has 0 fully saturated rings. The van der Waals surface area contributed by atoms with Crippen molar-refractivity contribution in [3.05, 3.63) is 224 Å². The first-order valence-electron chi connectivity index (χ1n) is 20.5. The molecule has 0 aliphatic carbocycles. The van der Waals surface area contributed by atoms with Gasteiger partial charge < -0.3 is 4.42 Å². The van der Waals surface area contributed by atoms with Gasteiger partial charge in [-0.3, -0.25) is 0 Å². The number of benzene rings is 9. The molecule has 0 radical (unpaired) electrons. The van der Waals surface area contributed by atoms with E-state index in [4.69, 9.17) is 19.4 Å². The molecule has 0 spiro atoms. The van der Waals surface area contributed by atoms with Gasteiger partial charge in [0.05, 0.1) is 0 Å². The van der Waals surface area contributed by atoms with E-state index in [0.29, 0.717) is 17.5 Å².